The van der Waals surface area contributed by atoms with Crippen molar-refractivity contribution in [3.63, 3.8) is 0 Å². The van der Waals surface area contributed by atoms with E-state index < -0.39 is 35.0 Å². The summed E-state index contributed by atoms with van der Waals surface area (Å²) in [6.45, 7) is 4.09. The van der Waals surface area contributed by atoms with Crippen molar-refractivity contribution in [1.29, 1.82) is 0 Å². The summed E-state index contributed by atoms with van der Waals surface area (Å²) in [4.78, 5) is 61.9. The Labute approximate surface area is 326 Å². The Kier molecular flexibility index (Phi) is 8.60. The average Bonchev–Trinajstić information content (AvgIpc) is 3.85. The lowest BCUT2D eigenvalue weighted by Gasteiger charge is -2.49. The molecule has 2 aliphatic carbocycles. The van der Waals surface area contributed by atoms with Gasteiger partial charge >= 0.3 is 0 Å². The minimum Gasteiger partial charge on any atom is -0.491 e. The maximum absolute atomic E-state index is 15.1. The molecule has 5 aromatic rings. The molecule has 6 atom stereocenters. The second-order valence-corrected chi connectivity index (χ2v) is 16.7. The number of carbonyl (C=O) groups is 4. The topological polar surface area (TPSA) is 122 Å². The number of aliphatic hydroxyl groups excluding tert-OH is 1. The monoisotopic (exact) mass is 774 g/mol. The van der Waals surface area contributed by atoms with E-state index in [1.165, 1.54) is 9.80 Å². The molecule has 10 nitrogen and oxygen atoms in total. The minimum absolute atomic E-state index is 0.131. The largest absolute Gasteiger partial charge is 0.491 e. The van der Waals surface area contributed by atoms with Crippen molar-refractivity contribution in [2.75, 3.05) is 18.1 Å². The van der Waals surface area contributed by atoms with Gasteiger partial charge in [-0.2, -0.15) is 5.10 Å². The number of nitrogens with zero attached hydrogens (tertiary/aromatic N) is 4. The lowest BCUT2D eigenvalue weighted by atomic mass is 9.51. The number of imide groups is 2. The number of halogens is 1. The number of allylic oxidation sites excluding steroid dienone is 2. The van der Waals surface area contributed by atoms with Crippen LogP contribution >= 0.6 is 22.9 Å². The van der Waals surface area contributed by atoms with Crippen LogP contribution in [-0.2, 0) is 32.8 Å². The van der Waals surface area contributed by atoms with Crippen LogP contribution in [0.1, 0.15) is 42.4 Å². The predicted molar refractivity (Wildman–Crippen MR) is 209 cm³/mol. The third-order valence-electron chi connectivity index (χ3n) is 12.3. The number of likely N-dealkylation sites (tertiary alicyclic amines) is 1. The van der Waals surface area contributed by atoms with Crippen LogP contribution in [0.2, 0.25) is 5.02 Å². The molecular formula is C43H39ClN4O6S. The lowest BCUT2D eigenvalue weighted by Crippen LogP contribution is -2.48. The number of carbonyl (C=O) groups excluding carboxylic acids is 4. The molecule has 55 heavy (non-hydrogen) atoms. The quantitative estimate of drug-likeness (QED) is 0.132. The van der Waals surface area contributed by atoms with Crippen LogP contribution in [0.25, 0.3) is 20.7 Å². The molecule has 2 aromatic heterocycles. The van der Waals surface area contributed by atoms with E-state index in [9.17, 15) is 19.5 Å². The van der Waals surface area contributed by atoms with Gasteiger partial charge in [-0.15, -0.1) is 11.3 Å². The Morgan fingerprint density at radius 1 is 0.964 bits per heavy atom. The van der Waals surface area contributed by atoms with Gasteiger partial charge < -0.3 is 9.84 Å². The first kappa shape index (κ1) is 35.6. The zero-order chi connectivity index (χ0) is 38.3. The van der Waals surface area contributed by atoms with E-state index in [1.54, 1.807) is 41.3 Å². The van der Waals surface area contributed by atoms with Crippen molar-refractivity contribution in [3.8, 4) is 16.3 Å². The Morgan fingerprint density at radius 3 is 2.47 bits per heavy atom. The summed E-state index contributed by atoms with van der Waals surface area (Å²) in [6.07, 6.45) is 2.69. The molecule has 0 spiro atoms. The van der Waals surface area contributed by atoms with E-state index in [2.05, 4.69) is 6.08 Å². The summed E-state index contributed by atoms with van der Waals surface area (Å²) in [5.74, 6) is -3.07. The van der Waals surface area contributed by atoms with Gasteiger partial charge in [0.1, 0.15) is 23.9 Å². The summed E-state index contributed by atoms with van der Waals surface area (Å²) >= 11 is 7.91. The highest BCUT2D eigenvalue weighted by atomic mass is 35.5. The van der Waals surface area contributed by atoms with E-state index in [4.69, 9.17) is 21.4 Å². The normalized spacial score (nSPS) is 26.1. The Morgan fingerprint density at radius 2 is 1.73 bits per heavy atom. The fourth-order valence-corrected chi connectivity index (χ4v) is 11.1. The van der Waals surface area contributed by atoms with E-state index in [1.807, 2.05) is 74.5 Å². The van der Waals surface area contributed by atoms with Crippen molar-refractivity contribution < 1.29 is 29.0 Å². The van der Waals surface area contributed by atoms with Crippen LogP contribution in [0, 0.1) is 36.0 Å². The molecule has 4 amide bonds. The van der Waals surface area contributed by atoms with Gasteiger partial charge in [-0.3, -0.25) is 28.8 Å². The summed E-state index contributed by atoms with van der Waals surface area (Å²) in [7, 11) is 1.74. The summed E-state index contributed by atoms with van der Waals surface area (Å²) < 4.78 is 8.31. The molecule has 9 rings (SSSR count). The molecule has 3 fully saturated rings. The lowest BCUT2D eigenvalue weighted by molar-refractivity contribution is -0.141. The van der Waals surface area contributed by atoms with Crippen molar-refractivity contribution in [3.05, 3.63) is 112 Å². The number of hydrogen-bond acceptors (Lipinski definition) is 8. The summed E-state index contributed by atoms with van der Waals surface area (Å²) in [5, 5.41) is 15.8. The SMILES string of the molecule is Cc1c(-c2cc(N3C(=O)[C@@H]4C[C@@H]5C(=CC[C@@H]6C(=O)N(Cc7ccccc7)C(=O)[C@@H]65)[C@H](c5ccc(OCCO)cc5)[C@]4(C)C3=O)n(C)n2)sc2ccc(Cl)cc12. The number of anilines is 1. The fourth-order valence-electron chi connectivity index (χ4n) is 9.74. The fraction of sp³-hybridized carbons (Fsp3) is 0.326. The van der Waals surface area contributed by atoms with E-state index in [0.717, 1.165) is 37.2 Å². The summed E-state index contributed by atoms with van der Waals surface area (Å²) in [5.41, 5.74) is 3.05. The molecule has 4 heterocycles. The van der Waals surface area contributed by atoms with Gasteiger partial charge in [0, 0.05) is 28.8 Å². The van der Waals surface area contributed by atoms with E-state index >= 15 is 4.79 Å². The Balaban J connectivity index is 1.12. The van der Waals surface area contributed by atoms with Crippen LogP contribution in [-0.4, -0.2) is 56.6 Å². The number of thiophene rings is 1. The molecule has 12 heteroatoms. The minimum atomic E-state index is -1.20. The van der Waals surface area contributed by atoms with Crippen LogP contribution < -0.4 is 9.64 Å². The van der Waals surface area contributed by atoms with Crippen molar-refractivity contribution in [1.82, 2.24) is 14.7 Å². The number of ether oxygens (including phenoxy) is 1. The standard InChI is InChI=1S/C43H39ClN4O6S/c1-23-30-19-26(44)11-16-34(30)55-38(23)33-21-35(46(3)45-33)48-40(51)32-20-31-28(37(43(32,2)42(48)53)25-9-12-27(13-10-25)54-18-17-49)14-15-29-36(31)41(52)47(39(29)50)22-24-7-5-4-6-8-24/h4-14,16,19,21,29,31-32,36-37,49H,15,17-18,20,22H2,1-3H3/t29-,31+,32-,36-,37-,43+/m0/s1. The maximum Gasteiger partial charge on any atom is 0.242 e. The van der Waals surface area contributed by atoms with Crippen LogP contribution in [0.4, 0.5) is 5.82 Å². The van der Waals surface area contributed by atoms with Gasteiger partial charge in [-0.1, -0.05) is 65.7 Å². The number of amides is 4. The maximum atomic E-state index is 15.1. The number of aliphatic hydroxyl groups is 1. The van der Waals surface area contributed by atoms with Crippen molar-refractivity contribution >= 4 is 62.5 Å². The zero-order valence-electron chi connectivity index (χ0n) is 30.6. The predicted octanol–water partition coefficient (Wildman–Crippen LogP) is 7.07. The molecular weight excluding hydrogens is 736 g/mol. The molecule has 0 unspecified atom stereocenters. The second kappa shape index (κ2) is 13.3. The summed E-state index contributed by atoms with van der Waals surface area (Å²) in [6, 6.07) is 24.5. The van der Waals surface area contributed by atoms with Gasteiger partial charge in [0.05, 0.1) is 41.2 Å². The first-order chi connectivity index (χ1) is 26.5. The number of benzene rings is 3. The van der Waals surface area contributed by atoms with E-state index in [-0.39, 0.29) is 49.8 Å². The number of rotatable bonds is 8. The zero-order valence-corrected chi connectivity index (χ0v) is 32.1. The highest BCUT2D eigenvalue weighted by molar-refractivity contribution is 7.22. The first-order valence-corrected chi connectivity index (χ1v) is 19.7. The van der Waals surface area contributed by atoms with Crippen LogP contribution in [0.5, 0.6) is 5.75 Å². The van der Waals surface area contributed by atoms with Gasteiger partial charge in [-0.25, -0.2) is 4.90 Å². The molecule has 0 bridgehead atoms. The third-order valence-corrected chi connectivity index (χ3v) is 13.9. The Hall–Kier alpha value is -5.10. The molecule has 280 valence electrons. The number of fused-ring (bicyclic) bond motifs is 5. The molecule has 2 saturated heterocycles. The molecule has 3 aromatic carbocycles. The molecule has 2 aliphatic heterocycles. The highest BCUT2D eigenvalue weighted by Crippen LogP contribution is 2.63. The number of aromatic nitrogens is 2. The Bertz CT molecular complexity index is 2440. The van der Waals surface area contributed by atoms with Crippen molar-refractivity contribution in [2.24, 2.45) is 36.1 Å². The van der Waals surface area contributed by atoms with Gasteiger partial charge in [0.25, 0.3) is 0 Å². The van der Waals surface area contributed by atoms with Gasteiger partial charge in [0.15, 0.2) is 0 Å². The second-order valence-electron chi connectivity index (χ2n) is 15.3. The van der Waals surface area contributed by atoms with Gasteiger partial charge in [0.2, 0.25) is 23.6 Å². The molecule has 1 N–H and O–H groups in total. The van der Waals surface area contributed by atoms with Crippen molar-refractivity contribution in [2.45, 2.75) is 39.2 Å². The van der Waals surface area contributed by atoms with Crippen LogP contribution in [0.3, 0.4) is 0 Å². The molecule has 1 saturated carbocycles. The molecule has 4 aliphatic rings. The number of hydrogen-bond donors (Lipinski definition) is 1. The third kappa shape index (κ3) is 5.42. The first-order valence-electron chi connectivity index (χ1n) is 18.6. The van der Waals surface area contributed by atoms with E-state index in [0.29, 0.717) is 28.7 Å². The van der Waals surface area contributed by atoms with Gasteiger partial charge in [-0.05, 0) is 85.0 Å². The van der Waals surface area contributed by atoms with Crippen LogP contribution in [0.15, 0.2) is 90.5 Å². The smallest absolute Gasteiger partial charge is 0.242 e. The average molecular weight is 775 g/mol. The highest BCUT2D eigenvalue weighted by Gasteiger charge is 2.68. The number of aryl methyl sites for hydroxylation is 2. The molecule has 0 radical (unpaired) electrons.